The van der Waals surface area contributed by atoms with Gasteiger partial charge in [-0.15, -0.1) is 0 Å². The van der Waals surface area contributed by atoms with Crippen LogP contribution in [0.15, 0.2) is 0 Å². The third-order valence-corrected chi connectivity index (χ3v) is 1.78. The smallest absolute Gasteiger partial charge is 0.194 e. The van der Waals surface area contributed by atoms with E-state index in [0.717, 1.165) is 26.2 Å². The molecule has 3 heteroatoms. The molecule has 0 saturated carbocycles. The minimum absolute atomic E-state index is 0.637. The summed E-state index contributed by atoms with van der Waals surface area (Å²) in [6.45, 7) is 3.95. The highest BCUT2D eigenvalue weighted by Gasteiger charge is 2.09. The fraction of sp³-hybridized carbons (Fsp3) is 0.625. The Morgan fingerprint density at radius 3 is 2.45 bits per heavy atom. The van der Waals surface area contributed by atoms with E-state index in [2.05, 4.69) is 23.9 Å². The van der Waals surface area contributed by atoms with E-state index < -0.39 is 0 Å². The molecule has 1 rings (SSSR count). The average molecular weight is 152 g/mol. The van der Waals surface area contributed by atoms with Crippen LogP contribution in [0.3, 0.4) is 0 Å². The lowest BCUT2D eigenvalue weighted by Crippen LogP contribution is -2.42. The van der Waals surface area contributed by atoms with Crippen molar-refractivity contribution in [2.75, 3.05) is 33.2 Å². The Kier molecular flexibility index (Phi) is 2.94. The summed E-state index contributed by atoms with van der Waals surface area (Å²) in [7, 11) is 2.09. The predicted molar refractivity (Wildman–Crippen MR) is 42.9 cm³/mol. The van der Waals surface area contributed by atoms with Crippen molar-refractivity contribution < 1.29 is 4.79 Å². The van der Waals surface area contributed by atoms with Crippen molar-refractivity contribution in [3.8, 4) is 12.0 Å². The monoisotopic (exact) mass is 152 g/mol. The third kappa shape index (κ3) is 2.60. The zero-order valence-corrected chi connectivity index (χ0v) is 6.71. The number of nitrogens with zero attached hydrogens (tertiary/aromatic N) is 2. The van der Waals surface area contributed by atoms with E-state index in [1.807, 2.05) is 4.90 Å². The molecule has 0 spiro atoms. The number of aldehydes is 1. The summed E-state index contributed by atoms with van der Waals surface area (Å²) in [5.74, 6) is 2.41. The van der Waals surface area contributed by atoms with Gasteiger partial charge in [-0.2, -0.15) is 0 Å². The zero-order chi connectivity index (χ0) is 8.10. The first-order valence-electron chi connectivity index (χ1n) is 3.71. The Labute approximate surface area is 67.0 Å². The van der Waals surface area contributed by atoms with E-state index in [0.29, 0.717) is 6.29 Å². The molecular weight excluding hydrogens is 140 g/mol. The van der Waals surface area contributed by atoms with Gasteiger partial charge in [-0.3, -0.25) is 4.79 Å². The number of rotatable bonds is 0. The first-order chi connectivity index (χ1) is 5.33. The van der Waals surface area contributed by atoms with Gasteiger partial charge < -0.3 is 9.80 Å². The number of likely N-dealkylation sites (N-methyl/N-ethyl adjacent to an activating group) is 1. The molecule has 0 amide bonds. The van der Waals surface area contributed by atoms with Crippen LogP contribution in [-0.4, -0.2) is 49.3 Å². The summed E-state index contributed by atoms with van der Waals surface area (Å²) in [5.41, 5.74) is 0. The van der Waals surface area contributed by atoms with Crippen molar-refractivity contribution >= 4 is 6.29 Å². The van der Waals surface area contributed by atoms with Crippen molar-refractivity contribution in [3.05, 3.63) is 0 Å². The van der Waals surface area contributed by atoms with Crippen LogP contribution in [0, 0.1) is 12.0 Å². The van der Waals surface area contributed by atoms with Gasteiger partial charge in [0.1, 0.15) is 0 Å². The van der Waals surface area contributed by atoms with Crippen LogP contribution in [0.2, 0.25) is 0 Å². The van der Waals surface area contributed by atoms with Crippen LogP contribution in [0.25, 0.3) is 0 Å². The van der Waals surface area contributed by atoms with Crippen LogP contribution in [-0.2, 0) is 4.79 Å². The Balaban J connectivity index is 2.33. The molecule has 0 N–H and O–H groups in total. The molecule has 1 heterocycles. The zero-order valence-electron chi connectivity index (χ0n) is 6.71. The Morgan fingerprint density at radius 2 is 1.91 bits per heavy atom. The molecule has 0 unspecified atom stereocenters. The number of hydrogen-bond donors (Lipinski definition) is 0. The molecule has 11 heavy (non-hydrogen) atoms. The van der Waals surface area contributed by atoms with Gasteiger partial charge in [0.2, 0.25) is 0 Å². The summed E-state index contributed by atoms with van der Waals surface area (Å²) in [5, 5.41) is 0. The quantitative estimate of drug-likeness (QED) is 0.342. The molecule has 1 fully saturated rings. The highest BCUT2D eigenvalue weighted by Crippen LogP contribution is 1.95. The fourth-order valence-electron chi connectivity index (χ4n) is 1.04. The topological polar surface area (TPSA) is 23.6 Å². The lowest BCUT2D eigenvalue weighted by molar-refractivity contribution is -0.103. The molecule has 0 aromatic rings. The molecule has 0 aromatic heterocycles. The molecule has 1 saturated heterocycles. The van der Waals surface area contributed by atoms with E-state index in [1.54, 1.807) is 0 Å². The summed E-state index contributed by atoms with van der Waals surface area (Å²) in [4.78, 5) is 14.1. The molecule has 0 aromatic carbocycles. The second-order valence-electron chi connectivity index (χ2n) is 2.66. The first kappa shape index (κ1) is 8.09. The predicted octanol–water partition coefficient (Wildman–Crippen LogP) is -0.606. The van der Waals surface area contributed by atoms with E-state index in [9.17, 15) is 4.79 Å². The van der Waals surface area contributed by atoms with Gasteiger partial charge in [0.05, 0.1) is 0 Å². The van der Waals surface area contributed by atoms with Crippen LogP contribution in [0.4, 0.5) is 0 Å². The molecule has 0 atom stereocenters. The summed E-state index contributed by atoms with van der Waals surface area (Å²) in [6.07, 6.45) is 0.637. The largest absolute Gasteiger partial charge is 0.330 e. The third-order valence-electron chi connectivity index (χ3n) is 1.78. The maximum Gasteiger partial charge on any atom is 0.194 e. The maximum absolute atomic E-state index is 9.90. The fourth-order valence-corrected chi connectivity index (χ4v) is 1.04. The molecule has 0 radical (unpaired) electrons. The normalized spacial score (nSPS) is 18.8. The minimum Gasteiger partial charge on any atom is -0.330 e. The Bertz CT molecular complexity index is 184. The van der Waals surface area contributed by atoms with Gasteiger partial charge in [0, 0.05) is 32.2 Å². The van der Waals surface area contributed by atoms with Crippen molar-refractivity contribution in [1.82, 2.24) is 9.80 Å². The second-order valence-corrected chi connectivity index (χ2v) is 2.66. The van der Waals surface area contributed by atoms with E-state index in [4.69, 9.17) is 0 Å². The molecular formula is C8H12N2O. The van der Waals surface area contributed by atoms with E-state index in [1.165, 1.54) is 0 Å². The molecule has 1 aliphatic rings. The Hall–Kier alpha value is -1.01. The Morgan fingerprint density at radius 1 is 1.27 bits per heavy atom. The van der Waals surface area contributed by atoms with Crippen LogP contribution >= 0.6 is 0 Å². The molecule has 0 aliphatic carbocycles. The second kappa shape index (κ2) is 3.99. The lowest BCUT2D eigenvalue weighted by Gasteiger charge is -2.29. The average Bonchev–Trinajstić information content (AvgIpc) is 2.04. The van der Waals surface area contributed by atoms with Gasteiger partial charge in [0.25, 0.3) is 0 Å². The van der Waals surface area contributed by atoms with Crippen LogP contribution in [0.1, 0.15) is 0 Å². The molecule has 3 nitrogen and oxygen atoms in total. The lowest BCUT2D eigenvalue weighted by atomic mass is 10.3. The maximum atomic E-state index is 9.90. The van der Waals surface area contributed by atoms with Gasteiger partial charge in [-0.25, -0.2) is 0 Å². The number of carbonyl (C=O) groups is 1. The van der Waals surface area contributed by atoms with E-state index >= 15 is 0 Å². The summed E-state index contributed by atoms with van der Waals surface area (Å²) in [6, 6.07) is 2.78. The number of piperazine rings is 1. The molecule has 0 bridgehead atoms. The van der Waals surface area contributed by atoms with Crippen molar-refractivity contribution in [1.29, 1.82) is 0 Å². The van der Waals surface area contributed by atoms with Gasteiger partial charge in [-0.1, -0.05) is 0 Å². The highest BCUT2D eigenvalue weighted by atomic mass is 16.1. The van der Waals surface area contributed by atoms with Crippen LogP contribution < -0.4 is 0 Å². The molecule has 60 valence electrons. The van der Waals surface area contributed by atoms with Gasteiger partial charge >= 0.3 is 0 Å². The standard InChI is InChI=1S/C8H12N2O/c1-9-4-6-10(7-5-9)3-2-8-11/h8H,4-7H2,1H3. The van der Waals surface area contributed by atoms with Crippen molar-refractivity contribution in [2.45, 2.75) is 0 Å². The summed E-state index contributed by atoms with van der Waals surface area (Å²) >= 11 is 0. The number of carbonyl (C=O) groups excluding carboxylic acids is 1. The molecule has 1 aliphatic heterocycles. The van der Waals surface area contributed by atoms with Gasteiger partial charge in [0.15, 0.2) is 6.29 Å². The number of hydrogen-bond acceptors (Lipinski definition) is 3. The van der Waals surface area contributed by atoms with Crippen LogP contribution in [0.5, 0.6) is 0 Å². The summed E-state index contributed by atoms with van der Waals surface area (Å²) < 4.78 is 0. The minimum atomic E-state index is 0.637. The van der Waals surface area contributed by atoms with E-state index in [-0.39, 0.29) is 0 Å². The first-order valence-corrected chi connectivity index (χ1v) is 3.71. The van der Waals surface area contributed by atoms with Crippen molar-refractivity contribution in [2.24, 2.45) is 0 Å². The SMILES string of the molecule is CN1CCN(C#CC=O)CC1. The van der Waals surface area contributed by atoms with Crippen molar-refractivity contribution in [3.63, 3.8) is 0 Å². The highest BCUT2D eigenvalue weighted by molar-refractivity contribution is 5.72. The van der Waals surface area contributed by atoms with Gasteiger partial charge in [-0.05, 0) is 13.0 Å².